The summed E-state index contributed by atoms with van der Waals surface area (Å²) in [5.41, 5.74) is 9.38. The van der Waals surface area contributed by atoms with Crippen molar-refractivity contribution in [3.8, 4) is 5.82 Å². The third-order valence-corrected chi connectivity index (χ3v) is 5.86. The van der Waals surface area contributed by atoms with Crippen LogP contribution in [0, 0.1) is 0 Å². The molecule has 1 aliphatic heterocycles. The van der Waals surface area contributed by atoms with Gasteiger partial charge in [0.25, 0.3) is 5.91 Å². The molecule has 37 heavy (non-hydrogen) atoms. The number of nitrogens with two attached hydrogens (primary N) is 1. The number of hydrogen-bond acceptors (Lipinski definition) is 9. The van der Waals surface area contributed by atoms with Crippen molar-refractivity contribution < 1.29 is 22.6 Å². The minimum absolute atomic E-state index is 0.0504. The fourth-order valence-corrected chi connectivity index (χ4v) is 4.17. The number of fused-ring (bicyclic) bond motifs is 1. The van der Waals surface area contributed by atoms with Gasteiger partial charge < -0.3 is 10.6 Å². The molecule has 4 aromatic rings. The Hall–Kier alpha value is -4.75. The molecule has 3 N–H and O–H groups in total. The van der Waals surface area contributed by atoms with Gasteiger partial charge in [0.05, 0.1) is 24.0 Å². The van der Waals surface area contributed by atoms with Crippen LogP contribution in [0.5, 0.6) is 0 Å². The molecule has 1 aliphatic rings. The summed E-state index contributed by atoms with van der Waals surface area (Å²) >= 11 is 0. The van der Waals surface area contributed by atoms with E-state index in [1.807, 2.05) is 24.3 Å². The van der Waals surface area contributed by atoms with Crippen molar-refractivity contribution in [1.82, 2.24) is 30.7 Å². The molecule has 5 rings (SSSR count). The highest BCUT2D eigenvalue weighted by Gasteiger charge is 2.32. The number of nitrogens with one attached hydrogen (secondary N) is 1. The van der Waals surface area contributed by atoms with Gasteiger partial charge in [-0.25, -0.2) is 10.1 Å². The van der Waals surface area contributed by atoms with Crippen LogP contribution in [-0.4, -0.2) is 44.0 Å². The molecule has 14 heteroatoms. The smallest absolute Gasteiger partial charge is 0.378 e. The molecule has 0 bridgehead atoms. The Bertz CT molecular complexity index is 1460. The van der Waals surface area contributed by atoms with E-state index in [9.17, 15) is 18.0 Å². The molecular formula is C23H20F3N9O2. The summed E-state index contributed by atoms with van der Waals surface area (Å²) in [5, 5.41) is 19.0. The van der Waals surface area contributed by atoms with Crippen molar-refractivity contribution in [1.29, 1.82) is 0 Å². The molecule has 0 aliphatic carbocycles. The Morgan fingerprint density at radius 1 is 1.16 bits per heavy atom. The lowest BCUT2D eigenvalue weighted by molar-refractivity contribution is -0.137. The van der Waals surface area contributed by atoms with Gasteiger partial charge in [-0.1, -0.05) is 41.6 Å². The zero-order valence-electron chi connectivity index (χ0n) is 19.2. The first kappa shape index (κ1) is 24.0. The lowest BCUT2D eigenvalue weighted by Gasteiger charge is -2.31. The molecule has 2 aromatic heterocycles. The molecule has 2 aromatic carbocycles. The number of carbonyl (C=O) groups is 1. The van der Waals surface area contributed by atoms with E-state index in [-0.39, 0.29) is 29.4 Å². The summed E-state index contributed by atoms with van der Waals surface area (Å²) in [4.78, 5) is 15.1. The summed E-state index contributed by atoms with van der Waals surface area (Å²) in [6.07, 6.45) is -1.83. The monoisotopic (exact) mass is 511 g/mol. The van der Waals surface area contributed by atoms with Gasteiger partial charge in [0.2, 0.25) is 11.6 Å². The van der Waals surface area contributed by atoms with E-state index in [0.717, 1.165) is 36.4 Å². The number of rotatable bonds is 6. The predicted molar refractivity (Wildman–Crippen MR) is 126 cm³/mol. The number of alkyl halides is 3. The van der Waals surface area contributed by atoms with E-state index < -0.39 is 17.6 Å². The minimum Gasteiger partial charge on any atom is -0.378 e. The summed E-state index contributed by atoms with van der Waals surface area (Å²) in [6.45, 7) is 0.919. The molecule has 0 spiro atoms. The largest absolute Gasteiger partial charge is 0.417 e. The van der Waals surface area contributed by atoms with E-state index in [1.165, 1.54) is 22.9 Å². The van der Waals surface area contributed by atoms with Crippen molar-refractivity contribution in [3.05, 3.63) is 76.6 Å². The summed E-state index contributed by atoms with van der Waals surface area (Å²) in [6, 6.07) is 12.8. The average Bonchev–Trinajstić information content (AvgIpc) is 3.49. The predicted octanol–water partition coefficient (Wildman–Crippen LogP) is 2.97. The minimum atomic E-state index is -4.57. The van der Waals surface area contributed by atoms with Gasteiger partial charge in [-0.2, -0.15) is 23.0 Å². The van der Waals surface area contributed by atoms with Crippen LogP contribution in [0.4, 0.5) is 24.7 Å². The van der Waals surface area contributed by atoms with Gasteiger partial charge in [0.1, 0.15) is 0 Å². The molecule has 0 saturated carbocycles. The second-order valence-corrected chi connectivity index (χ2v) is 8.21. The van der Waals surface area contributed by atoms with E-state index in [1.54, 1.807) is 0 Å². The number of nitrogens with zero attached hydrogens (tertiary/aromatic N) is 7. The van der Waals surface area contributed by atoms with Crippen molar-refractivity contribution in [2.45, 2.75) is 25.6 Å². The maximum atomic E-state index is 13.2. The number of para-hydroxylation sites is 1. The highest BCUT2D eigenvalue weighted by molar-refractivity contribution is 5.94. The second-order valence-electron chi connectivity index (χ2n) is 8.21. The first-order valence-corrected chi connectivity index (χ1v) is 11.2. The zero-order chi connectivity index (χ0) is 26.0. The Kier molecular flexibility index (Phi) is 6.29. The van der Waals surface area contributed by atoms with Crippen LogP contribution in [0.3, 0.4) is 0 Å². The van der Waals surface area contributed by atoms with Crippen LogP contribution in [-0.2, 0) is 19.1 Å². The molecule has 0 saturated heterocycles. The first-order valence-electron chi connectivity index (χ1n) is 11.2. The lowest BCUT2D eigenvalue weighted by Crippen LogP contribution is -2.31. The van der Waals surface area contributed by atoms with Gasteiger partial charge in [-0.3, -0.25) is 4.79 Å². The quantitative estimate of drug-likeness (QED) is 0.297. The number of anilines is 2. The van der Waals surface area contributed by atoms with Crippen LogP contribution in [0.1, 0.15) is 39.3 Å². The number of halogens is 3. The highest BCUT2D eigenvalue weighted by atomic mass is 19.4. The number of amides is 1. The van der Waals surface area contributed by atoms with Crippen LogP contribution >= 0.6 is 0 Å². The van der Waals surface area contributed by atoms with Gasteiger partial charge in [-0.05, 0) is 40.9 Å². The van der Waals surface area contributed by atoms with E-state index >= 15 is 0 Å². The molecule has 190 valence electrons. The summed E-state index contributed by atoms with van der Waals surface area (Å²) < 4.78 is 45.7. The van der Waals surface area contributed by atoms with Gasteiger partial charge >= 0.3 is 6.18 Å². The van der Waals surface area contributed by atoms with Crippen molar-refractivity contribution >= 4 is 23.6 Å². The lowest BCUT2D eigenvalue weighted by atomic mass is 10.0. The normalized spacial score (nSPS) is 13.6. The average molecular weight is 511 g/mol. The number of aryl methyl sites for hydroxylation is 1. The summed E-state index contributed by atoms with van der Waals surface area (Å²) in [7, 11) is 0. The van der Waals surface area contributed by atoms with E-state index in [0.29, 0.717) is 12.2 Å². The maximum Gasteiger partial charge on any atom is 0.417 e. The van der Waals surface area contributed by atoms with Crippen molar-refractivity contribution in [3.63, 3.8) is 0 Å². The number of nitrogen functional groups attached to an aromatic ring is 1. The fraction of sp³-hybridized carbons (Fsp3) is 0.217. The number of aromatic nitrogens is 5. The third-order valence-electron chi connectivity index (χ3n) is 5.86. The third kappa shape index (κ3) is 4.85. The Morgan fingerprint density at radius 2 is 1.95 bits per heavy atom. The Balaban J connectivity index is 1.45. The molecule has 0 radical (unpaired) electrons. The topological polar surface area (TPSA) is 140 Å². The van der Waals surface area contributed by atoms with Crippen LogP contribution < -0.4 is 16.1 Å². The molecule has 11 nitrogen and oxygen atoms in total. The fourth-order valence-electron chi connectivity index (χ4n) is 4.17. The van der Waals surface area contributed by atoms with Gasteiger partial charge in [-0.15, -0.1) is 5.10 Å². The molecule has 0 atom stereocenters. The number of hydrogen-bond donors (Lipinski definition) is 2. The summed E-state index contributed by atoms with van der Waals surface area (Å²) in [5.74, 6) is -0.782. The Morgan fingerprint density at radius 3 is 2.73 bits per heavy atom. The maximum absolute atomic E-state index is 13.2. The van der Waals surface area contributed by atoms with Crippen LogP contribution in [0.25, 0.3) is 5.82 Å². The van der Waals surface area contributed by atoms with E-state index in [2.05, 4.69) is 40.7 Å². The zero-order valence-corrected chi connectivity index (χ0v) is 19.2. The number of hydrazone groups is 1. The van der Waals surface area contributed by atoms with Crippen molar-refractivity contribution in [2.75, 3.05) is 17.2 Å². The number of carbonyl (C=O) groups excluding carboxylic acids is 1. The van der Waals surface area contributed by atoms with Crippen LogP contribution in [0.15, 0.2) is 58.3 Å². The second kappa shape index (κ2) is 9.72. The highest BCUT2D eigenvalue weighted by Crippen LogP contribution is 2.31. The molecule has 0 fully saturated rings. The van der Waals surface area contributed by atoms with Crippen molar-refractivity contribution in [2.24, 2.45) is 5.10 Å². The first-order chi connectivity index (χ1) is 17.8. The van der Waals surface area contributed by atoms with Gasteiger partial charge in [0.15, 0.2) is 5.69 Å². The Labute approximate surface area is 207 Å². The number of benzene rings is 2. The standard InChI is InChI=1S/C23H20F3N9O2/c24-23(25,26)16-9-3-1-7-15(16)12-28-30-22(36)19-18(35(33-29-19)21-20(27)31-37-32-21)13-34-11-5-8-14-6-2-4-10-17(14)34/h1-4,6-7,9-10,12H,5,8,11,13H2,(H2,27,31)(H,30,36)/b28-12-. The molecule has 3 heterocycles. The molecule has 1 amide bonds. The molecular weight excluding hydrogens is 491 g/mol. The van der Waals surface area contributed by atoms with Gasteiger partial charge in [0, 0.05) is 17.8 Å². The van der Waals surface area contributed by atoms with E-state index in [4.69, 9.17) is 5.73 Å². The van der Waals surface area contributed by atoms with Crippen LogP contribution in [0.2, 0.25) is 0 Å². The molecule has 0 unspecified atom stereocenters. The SMILES string of the molecule is Nc1nonc1-n1nnc(C(=O)N/N=C\c2ccccc2C(F)(F)F)c1CN1CCCc2ccccc21.